The molecule has 0 saturated heterocycles. The van der Waals surface area contributed by atoms with E-state index in [9.17, 15) is 4.39 Å². The first-order valence-electron chi connectivity index (χ1n) is 5.17. The van der Waals surface area contributed by atoms with Crippen molar-refractivity contribution in [2.45, 2.75) is 0 Å². The van der Waals surface area contributed by atoms with Crippen LogP contribution in [0, 0.1) is 5.82 Å². The number of nitrogens with zero attached hydrogens (tertiary/aromatic N) is 2. The zero-order chi connectivity index (χ0) is 12.5. The first kappa shape index (κ1) is 10.5. The minimum atomic E-state index is -0.482. The van der Waals surface area contributed by atoms with Crippen molar-refractivity contribution in [2.24, 2.45) is 0 Å². The maximum Gasteiger partial charge on any atom is 0.258 e. The number of hydrogen-bond donors (Lipinski definition) is 1. The Morgan fingerprint density at radius 3 is 2.83 bits per heavy atom. The molecule has 0 saturated carbocycles. The van der Waals surface area contributed by atoms with Gasteiger partial charge >= 0.3 is 0 Å². The quantitative estimate of drug-likeness (QED) is 0.702. The van der Waals surface area contributed by atoms with Gasteiger partial charge in [0, 0.05) is 5.56 Å². The predicted molar refractivity (Wildman–Crippen MR) is 61.8 cm³/mol. The van der Waals surface area contributed by atoms with Crippen LogP contribution in [0.1, 0.15) is 0 Å². The fourth-order valence-electron chi connectivity index (χ4n) is 1.52. The molecule has 6 heteroatoms. The normalized spacial score (nSPS) is 10.7. The largest absolute Gasteiger partial charge is 0.461 e. The molecule has 2 aromatic heterocycles. The van der Waals surface area contributed by atoms with Crippen LogP contribution in [0.5, 0.6) is 0 Å². The third-order valence-corrected chi connectivity index (χ3v) is 2.41. The van der Waals surface area contributed by atoms with E-state index in [0.29, 0.717) is 17.1 Å². The lowest BCUT2D eigenvalue weighted by Crippen LogP contribution is -1.90. The summed E-state index contributed by atoms with van der Waals surface area (Å²) in [6, 6.07) is 7.65. The third-order valence-electron chi connectivity index (χ3n) is 2.41. The summed E-state index contributed by atoms with van der Waals surface area (Å²) in [5.41, 5.74) is 6.06. The minimum Gasteiger partial charge on any atom is -0.461 e. The molecule has 0 radical (unpaired) electrons. The molecule has 3 rings (SSSR count). The molecule has 0 unspecified atom stereocenters. The predicted octanol–water partition coefficient (Wildman–Crippen LogP) is 2.72. The van der Waals surface area contributed by atoms with Gasteiger partial charge in [-0.3, -0.25) is 0 Å². The smallest absolute Gasteiger partial charge is 0.258 e. The fraction of sp³-hybridized carbons (Fsp3) is 0. The molecule has 5 nitrogen and oxygen atoms in total. The van der Waals surface area contributed by atoms with Crippen LogP contribution < -0.4 is 5.73 Å². The van der Waals surface area contributed by atoms with Gasteiger partial charge in [0.1, 0.15) is 5.82 Å². The SMILES string of the molecule is Nc1cc(-c2nc(-c3ccco3)no2)ccc1F. The van der Waals surface area contributed by atoms with Crippen LogP contribution >= 0.6 is 0 Å². The highest BCUT2D eigenvalue weighted by Crippen LogP contribution is 2.24. The number of aromatic nitrogens is 2. The van der Waals surface area contributed by atoms with Crippen LogP contribution in [0.15, 0.2) is 45.5 Å². The van der Waals surface area contributed by atoms with E-state index in [1.165, 1.54) is 24.5 Å². The van der Waals surface area contributed by atoms with Gasteiger partial charge in [-0.05, 0) is 30.3 Å². The van der Waals surface area contributed by atoms with E-state index in [1.54, 1.807) is 12.1 Å². The molecule has 0 fully saturated rings. The van der Waals surface area contributed by atoms with Crippen molar-refractivity contribution in [3.63, 3.8) is 0 Å². The van der Waals surface area contributed by atoms with Crippen LogP contribution in [0.2, 0.25) is 0 Å². The number of nitrogen functional groups attached to an aromatic ring is 1. The molecule has 0 atom stereocenters. The van der Waals surface area contributed by atoms with E-state index >= 15 is 0 Å². The van der Waals surface area contributed by atoms with Crippen molar-refractivity contribution >= 4 is 5.69 Å². The molecular weight excluding hydrogens is 237 g/mol. The van der Waals surface area contributed by atoms with Gasteiger partial charge in [0.25, 0.3) is 5.89 Å². The van der Waals surface area contributed by atoms with E-state index in [4.69, 9.17) is 14.7 Å². The second-order valence-corrected chi connectivity index (χ2v) is 3.64. The van der Waals surface area contributed by atoms with Crippen LogP contribution in [-0.2, 0) is 0 Å². The van der Waals surface area contributed by atoms with Gasteiger partial charge in [-0.15, -0.1) is 0 Å². The highest BCUT2D eigenvalue weighted by Gasteiger charge is 2.13. The third kappa shape index (κ3) is 1.73. The summed E-state index contributed by atoms with van der Waals surface area (Å²) in [7, 11) is 0. The number of furan rings is 1. The van der Waals surface area contributed by atoms with E-state index in [2.05, 4.69) is 10.1 Å². The summed E-state index contributed by atoms with van der Waals surface area (Å²) in [5, 5.41) is 3.77. The number of halogens is 1. The summed E-state index contributed by atoms with van der Waals surface area (Å²) < 4.78 is 23.2. The Morgan fingerprint density at radius 2 is 2.11 bits per heavy atom. The number of nitrogens with two attached hydrogens (primary N) is 1. The molecule has 0 aliphatic rings. The van der Waals surface area contributed by atoms with Gasteiger partial charge < -0.3 is 14.7 Å². The Labute approximate surface area is 101 Å². The maximum absolute atomic E-state index is 13.0. The van der Waals surface area contributed by atoms with Crippen LogP contribution in [-0.4, -0.2) is 10.1 Å². The van der Waals surface area contributed by atoms with E-state index < -0.39 is 5.82 Å². The lowest BCUT2D eigenvalue weighted by atomic mass is 10.2. The van der Waals surface area contributed by atoms with E-state index in [-0.39, 0.29) is 11.6 Å². The van der Waals surface area contributed by atoms with Gasteiger partial charge in [0.05, 0.1) is 12.0 Å². The lowest BCUT2D eigenvalue weighted by Gasteiger charge is -1.97. The molecule has 0 spiro atoms. The number of hydrogen-bond acceptors (Lipinski definition) is 5. The van der Waals surface area contributed by atoms with Gasteiger partial charge in [0.2, 0.25) is 5.82 Å². The number of benzene rings is 1. The van der Waals surface area contributed by atoms with Crippen molar-refractivity contribution < 1.29 is 13.3 Å². The Morgan fingerprint density at radius 1 is 1.22 bits per heavy atom. The Balaban J connectivity index is 2.00. The number of anilines is 1. The minimum absolute atomic E-state index is 0.0326. The highest BCUT2D eigenvalue weighted by atomic mass is 19.1. The Kier molecular flexibility index (Phi) is 2.33. The molecular formula is C12H8FN3O2. The van der Waals surface area contributed by atoms with Gasteiger partial charge in [-0.25, -0.2) is 4.39 Å². The second-order valence-electron chi connectivity index (χ2n) is 3.64. The van der Waals surface area contributed by atoms with E-state index in [1.807, 2.05) is 0 Å². The molecule has 0 aliphatic heterocycles. The monoisotopic (exact) mass is 245 g/mol. The fourth-order valence-corrected chi connectivity index (χ4v) is 1.52. The standard InChI is InChI=1S/C12H8FN3O2/c13-8-4-3-7(6-9(8)14)12-15-11(16-18-12)10-2-1-5-17-10/h1-6H,14H2. The van der Waals surface area contributed by atoms with Crippen molar-refractivity contribution in [3.05, 3.63) is 42.4 Å². The average molecular weight is 245 g/mol. The first-order valence-corrected chi connectivity index (χ1v) is 5.17. The Bertz CT molecular complexity index is 676. The van der Waals surface area contributed by atoms with Crippen LogP contribution in [0.3, 0.4) is 0 Å². The second kappa shape index (κ2) is 3.99. The van der Waals surface area contributed by atoms with Crippen LogP contribution in [0.4, 0.5) is 10.1 Å². The molecule has 0 aliphatic carbocycles. The van der Waals surface area contributed by atoms with Crippen molar-refractivity contribution in [2.75, 3.05) is 5.73 Å². The van der Waals surface area contributed by atoms with Gasteiger partial charge in [-0.1, -0.05) is 5.16 Å². The van der Waals surface area contributed by atoms with Gasteiger partial charge in [0.15, 0.2) is 5.76 Å². The van der Waals surface area contributed by atoms with Gasteiger partial charge in [-0.2, -0.15) is 4.98 Å². The summed E-state index contributed by atoms with van der Waals surface area (Å²) >= 11 is 0. The topological polar surface area (TPSA) is 78.1 Å². The summed E-state index contributed by atoms with van der Waals surface area (Å²) in [4.78, 5) is 4.14. The molecule has 18 heavy (non-hydrogen) atoms. The van der Waals surface area contributed by atoms with Crippen molar-refractivity contribution in [3.8, 4) is 23.0 Å². The summed E-state index contributed by atoms with van der Waals surface area (Å²) in [6.45, 7) is 0. The molecule has 2 N–H and O–H groups in total. The van der Waals surface area contributed by atoms with E-state index in [0.717, 1.165) is 0 Å². The molecule has 0 amide bonds. The lowest BCUT2D eigenvalue weighted by molar-refractivity contribution is 0.429. The van der Waals surface area contributed by atoms with Crippen molar-refractivity contribution in [1.29, 1.82) is 0 Å². The highest BCUT2D eigenvalue weighted by molar-refractivity contribution is 5.61. The molecule has 3 aromatic rings. The zero-order valence-corrected chi connectivity index (χ0v) is 9.13. The Hall–Kier alpha value is -2.63. The number of rotatable bonds is 2. The average Bonchev–Trinajstić information content (AvgIpc) is 3.01. The van der Waals surface area contributed by atoms with Crippen LogP contribution in [0.25, 0.3) is 23.0 Å². The summed E-state index contributed by atoms with van der Waals surface area (Å²) in [6.07, 6.45) is 1.52. The van der Waals surface area contributed by atoms with Crippen molar-refractivity contribution in [1.82, 2.24) is 10.1 Å². The maximum atomic E-state index is 13.0. The summed E-state index contributed by atoms with van der Waals surface area (Å²) in [5.74, 6) is 0.607. The molecule has 2 heterocycles. The first-order chi connectivity index (χ1) is 8.74. The molecule has 0 bridgehead atoms. The molecule has 1 aromatic carbocycles. The molecule has 90 valence electrons. The zero-order valence-electron chi connectivity index (χ0n) is 9.13.